The molecule has 0 amide bonds. The van der Waals surface area contributed by atoms with Gasteiger partial charge >= 0.3 is 0 Å². The van der Waals surface area contributed by atoms with Gasteiger partial charge in [0.15, 0.2) is 0 Å². The first-order valence-corrected chi connectivity index (χ1v) is 5.69. The maximum absolute atomic E-state index is 2.38. The molecule has 84 valence electrons. The van der Waals surface area contributed by atoms with Crippen LogP contribution in [0.2, 0.25) is 0 Å². The molecule has 0 bridgehead atoms. The molecule has 0 aromatic heterocycles. The van der Waals surface area contributed by atoms with Crippen LogP contribution in [0.3, 0.4) is 0 Å². The Bertz CT molecular complexity index is 222. The van der Waals surface area contributed by atoms with E-state index in [1.807, 2.05) is 0 Å². The summed E-state index contributed by atoms with van der Waals surface area (Å²) >= 11 is 0. The molecule has 0 aliphatic rings. The normalized spacial score (nSPS) is 13.3. The van der Waals surface area contributed by atoms with Gasteiger partial charge in [0.05, 0.1) is 0 Å². The van der Waals surface area contributed by atoms with Gasteiger partial charge in [-0.3, -0.25) is 0 Å². The first-order chi connectivity index (χ1) is 6.05. The largest absolute Gasteiger partial charge is 0.0769 e. The fourth-order valence-corrected chi connectivity index (χ4v) is 1.83. The lowest BCUT2D eigenvalue weighted by molar-refractivity contribution is 0.0884. The number of rotatable bonds is 3. The summed E-state index contributed by atoms with van der Waals surface area (Å²) in [7, 11) is 0. The van der Waals surface area contributed by atoms with E-state index in [0.717, 1.165) is 0 Å². The van der Waals surface area contributed by atoms with Crippen molar-refractivity contribution in [2.45, 2.75) is 62.3 Å². The zero-order valence-corrected chi connectivity index (χ0v) is 11.6. The van der Waals surface area contributed by atoms with Gasteiger partial charge in [-0.2, -0.15) is 0 Å². The van der Waals surface area contributed by atoms with Crippen molar-refractivity contribution in [3.05, 3.63) is 11.1 Å². The minimum absolute atomic E-state index is 0.278. The summed E-state index contributed by atoms with van der Waals surface area (Å²) in [5, 5.41) is 0. The standard InChI is InChI=1S/C14H28/c1-10(2)12(5)14(8,9)13(6,7)11(3)4/h11H,1-9H3. The lowest BCUT2D eigenvalue weighted by atomic mass is 9.58. The molecule has 0 aromatic carbocycles. The summed E-state index contributed by atoms with van der Waals surface area (Å²) in [4.78, 5) is 0. The van der Waals surface area contributed by atoms with Crippen LogP contribution in [0.4, 0.5) is 0 Å². The van der Waals surface area contributed by atoms with Crippen molar-refractivity contribution in [1.82, 2.24) is 0 Å². The van der Waals surface area contributed by atoms with E-state index in [1.165, 1.54) is 11.1 Å². The van der Waals surface area contributed by atoms with E-state index in [9.17, 15) is 0 Å². The SMILES string of the molecule is CC(C)=C(C)C(C)(C)C(C)(C)C(C)C. The Morgan fingerprint density at radius 1 is 0.857 bits per heavy atom. The van der Waals surface area contributed by atoms with E-state index in [-0.39, 0.29) is 5.41 Å². The average Bonchev–Trinajstić information content (AvgIpc) is 2.01. The highest BCUT2D eigenvalue weighted by molar-refractivity contribution is 5.19. The van der Waals surface area contributed by atoms with Gasteiger partial charge in [0.1, 0.15) is 0 Å². The highest BCUT2D eigenvalue weighted by Gasteiger charge is 2.40. The van der Waals surface area contributed by atoms with Gasteiger partial charge < -0.3 is 0 Å². The maximum Gasteiger partial charge on any atom is -0.00914 e. The van der Waals surface area contributed by atoms with Gasteiger partial charge in [-0.15, -0.1) is 0 Å². The lowest BCUT2D eigenvalue weighted by Gasteiger charge is -2.46. The van der Waals surface area contributed by atoms with Gasteiger partial charge in [0.2, 0.25) is 0 Å². The van der Waals surface area contributed by atoms with Gasteiger partial charge in [-0.05, 0) is 37.5 Å². The molecule has 0 saturated carbocycles. The Kier molecular flexibility index (Phi) is 4.01. The Hall–Kier alpha value is -0.260. The van der Waals surface area contributed by atoms with E-state index in [1.54, 1.807) is 0 Å². The smallest absolute Gasteiger partial charge is 0.00914 e. The molecule has 0 heterocycles. The Morgan fingerprint density at radius 2 is 1.21 bits per heavy atom. The third-order valence-corrected chi connectivity index (χ3v) is 4.74. The molecule has 0 nitrogen and oxygen atoms in total. The van der Waals surface area contributed by atoms with Crippen LogP contribution in [0.1, 0.15) is 62.3 Å². The predicted octanol–water partition coefficient (Wildman–Crippen LogP) is 5.05. The predicted molar refractivity (Wildman–Crippen MR) is 66.4 cm³/mol. The second-order valence-electron chi connectivity index (χ2n) is 6.13. The maximum atomic E-state index is 2.38. The second kappa shape index (κ2) is 4.08. The molecule has 0 rings (SSSR count). The van der Waals surface area contributed by atoms with Crippen LogP contribution in [-0.2, 0) is 0 Å². The molecular weight excluding hydrogens is 168 g/mol. The highest BCUT2D eigenvalue weighted by atomic mass is 14.4. The molecule has 0 aromatic rings. The van der Waals surface area contributed by atoms with Crippen LogP contribution in [0.25, 0.3) is 0 Å². The summed E-state index contributed by atoms with van der Waals surface area (Å²) < 4.78 is 0. The molecule has 14 heavy (non-hydrogen) atoms. The zero-order valence-electron chi connectivity index (χ0n) is 11.6. The van der Waals surface area contributed by atoms with Gasteiger partial charge in [0, 0.05) is 0 Å². The van der Waals surface area contributed by atoms with Crippen LogP contribution >= 0.6 is 0 Å². The number of hydrogen-bond donors (Lipinski definition) is 0. The third-order valence-electron chi connectivity index (χ3n) is 4.74. The summed E-state index contributed by atoms with van der Waals surface area (Å²) in [6, 6.07) is 0. The Balaban J connectivity index is 5.26. The fourth-order valence-electron chi connectivity index (χ4n) is 1.83. The third kappa shape index (κ3) is 2.21. The molecule has 0 atom stereocenters. The molecule has 0 N–H and O–H groups in total. The number of hydrogen-bond acceptors (Lipinski definition) is 0. The van der Waals surface area contributed by atoms with Gasteiger partial charge in [-0.1, -0.05) is 52.7 Å². The fraction of sp³-hybridized carbons (Fsp3) is 0.857. The van der Waals surface area contributed by atoms with Crippen molar-refractivity contribution < 1.29 is 0 Å². The average molecular weight is 196 g/mol. The minimum atomic E-state index is 0.278. The van der Waals surface area contributed by atoms with Crippen LogP contribution < -0.4 is 0 Å². The summed E-state index contributed by atoms with van der Waals surface area (Å²) in [6.07, 6.45) is 0. The van der Waals surface area contributed by atoms with Gasteiger partial charge in [-0.25, -0.2) is 0 Å². The summed E-state index contributed by atoms with van der Waals surface area (Å²) in [5.41, 5.74) is 3.62. The molecule has 0 saturated heterocycles. The van der Waals surface area contributed by atoms with Crippen molar-refractivity contribution in [2.75, 3.05) is 0 Å². The zero-order chi connectivity index (χ0) is 11.7. The first kappa shape index (κ1) is 13.7. The molecule has 0 radical (unpaired) electrons. The van der Waals surface area contributed by atoms with E-state index in [0.29, 0.717) is 11.3 Å². The van der Waals surface area contributed by atoms with Gasteiger partial charge in [0.25, 0.3) is 0 Å². The van der Waals surface area contributed by atoms with Crippen molar-refractivity contribution >= 4 is 0 Å². The van der Waals surface area contributed by atoms with Crippen LogP contribution in [0.5, 0.6) is 0 Å². The number of allylic oxidation sites excluding steroid dienone is 2. The topological polar surface area (TPSA) is 0 Å². The van der Waals surface area contributed by atoms with E-state index in [4.69, 9.17) is 0 Å². The minimum Gasteiger partial charge on any atom is -0.0769 e. The lowest BCUT2D eigenvalue weighted by Crippen LogP contribution is -2.38. The Labute approximate surface area is 90.8 Å². The molecule has 0 heteroatoms. The quantitative estimate of drug-likeness (QED) is 0.554. The Morgan fingerprint density at radius 3 is 1.43 bits per heavy atom. The summed E-state index contributed by atoms with van der Waals surface area (Å²) in [5.74, 6) is 0.701. The molecular formula is C14H28. The highest BCUT2D eigenvalue weighted by Crippen LogP contribution is 2.49. The molecule has 0 aliphatic carbocycles. The van der Waals surface area contributed by atoms with Crippen LogP contribution in [-0.4, -0.2) is 0 Å². The second-order valence-corrected chi connectivity index (χ2v) is 6.13. The van der Waals surface area contributed by atoms with Crippen molar-refractivity contribution in [2.24, 2.45) is 16.7 Å². The molecule has 0 spiro atoms. The van der Waals surface area contributed by atoms with Crippen molar-refractivity contribution in [1.29, 1.82) is 0 Å². The monoisotopic (exact) mass is 196 g/mol. The van der Waals surface area contributed by atoms with Crippen LogP contribution in [0, 0.1) is 16.7 Å². The molecule has 0 fully saturated rings. The van der Waals surface area contributed by atoms with Crippen molar-refractivity contribution in [3.63, 3.8) is 0 Å². The molecule has 0 aliphatic heterocycles. The summed E-state index contributed by atoms with van der Waals surface area (Å²) in [6.45, 7) is 20.8. The van der Waals surface area contributed by atoms with E-state index >= 15 is 0 Å². The van der Waals surface area contributed by atoms with E-state index < -0.39 is 0 Å². The first-order valence-electron chi connectivity index (χ1n) is 5.69. The van der Waals surface area contributed by atoms with Crippen LogP contribution in [0.15, 0.2) is 11.1 Å². The molecule has 0 unspecified atom stereocenters. The van der Waals surface area contributed by atoms with Crippen molar-refractivity contribution in [3.8, 4) is 0 Å². The van der Waals surface area contributed by atoms with E-state index in [2.05, 4.69) is 62.3 Å².